The van der Waals surface area contributed by atoms with Crippen LogP contribution in [-0.2, 0) is 22.3 Å². The molecule has 0 radical (unpaired) electrons. The molecule has 6 nitrogen and oxygen atoms in total. The standard InChI is InChI=1S/C20H19F9N2O4/c21-18(22,23)13-7-11(8-14(9-13)34-15(32)12-1-2-12)10-30-3-5-31(6-4-30)17(33)35-16(19(24,25)26)20(27,28)29/h7-9,12,16H,1-6,10H2. The van der Waals surface area contributed by atoms with Gasteiger partial charge in [0.25, 0.3) is 6.10 Å². The van der Waals surface area contributed by atoms with Crippen LogP contribution in [0.25, 0.3) is 0 Å². The number of hydrogen-bond acceptors (Lipinski definition) is 5. The van der Waals surface area contributed by atoms with Crippen LogP contribution in [0.3, 0.4) is 0 Å². The van der Waals surface area contributed by atoms with Crippen molar-refractivity contribution in [1.29, 1.82) is 0 Å². The van der Waals surface area contributed by atoms with Crippen molar-refractivity contribution in [3.63, 3.8) is 0 Å². The maximum atomic E-state index is 13.3. The Balaban J connectivity index is 1.62. The number of hydrogen-bond donors (Lipinski definition) is 0. The maximum absolute atomic E-state index is 13.3. The average molecular weight is 522 g/mol. The van der Waals surface area contributed by atoms with E-state index in [-0.39, 0.29) is 50.0 Å². The number of alkyl halides is 9. The smallest absolute Gasteiger partial charge is 0.426 e. The molecule has 1 amide bonds. The lowest BCUT2D eigenvalue weighted by Gasteiger charge is -2.35. The highest BCUT2D eigenvalue weighted by atomic mass is 19.4. The van der Waals surface area contributed by atoms with E-state index in [1.165, 1.54) is 11.0 Å². The van der Waals surface area contributed by atoms with Gasteiger partial charge in [0, 0.05) is 32.7 Å². The van der Waals surface area contributed by atoms with Crippen molar-refractivity contribution in [3.8, 4) is 5.75 Å². The van der Waals surface area contributed by atoms with Gasteiger partial charge in [0.2, 0.25) is 0 Å². The number of ether oxygens (including phenoxy) is 2. The second kappa shape index (κ2) is 9.74. The van der Waals surface area contributed by atoms with Crippen molar-refractivity contribution >= 4 is 12.1 Å². The Bertz CT molecular complexity index is 920. The zero-order chi connectivity index (χ0) is 26.2. The van der Waals surface area contributed by atoms with Crippen LogP contribution in [0, 0.1) is 5.92 Å². The molecule has 0 aromatic heterocycles. The summed E-state index contributed by atoms with van der Waals surface area (Å²) in [5.74, 6) is -1.28. The van der Waals surface area contributed by atoms with Gasteiger partial charge in [-0.05, 0) is 36.6 Å². The molecule has 1 saturated heterocycles. The second-order valence-electron chi connectivity index (χ2n) is 8.17. The first-order valence-corrected chi connectivity index (χ1v) is 10.3. The Kier molecular flexibility index (Phi) is 7.48. The first-order valence-electron chi connectivity index (χ1n) is 10.3. The molecule has 0 unspecified atom stereocenters. The van der Waals surface area contributed by atoms with Gasteiger partial charge in [-0.2, -0.15) is 39.5 Å². The molecule has 0 spiro atoms. The molecule has 1 heterocycles. The molecule has 15 heteroatoms. The first kappa shape index (κ1) is 26.9. The number of rotatable bonds is 5. The molecule has 2 fully saturated rings. The summed E-state index contributed by atoms with van der Waals surface area (Å²) in [6.07, 6.45) is -21.3. The second-order valence-corrected chi connectivity index (χ2v) is 8.17. The van der Waals surface area contributed by atoms with Gasteiger partial charge >= 0.3 is 30.6 Å². The van der Waals surface area contributed by atoms with Crippen LogP contribution in [0.1, 0.15) is 24.0 Å². The zero-order valence-electron chi connectivity index (χ0n) is 17.8. The lowest BCUT2D eigenvalue weighted by Crippen LogP contribution is -2.52. The monoisotopic (exact) mass is 522 g/mol. The van der Waals surface area contributed by atoms with E-state index in [1.807, 2.05) is 0 Å². The van der Waals surface area contributed by atoms with Gasteiger partial charge in [-0.3, -0.25) is 9.69 Å². The minimum absolute atomic E-state index is 0.0642. The summed E-state index contributed by atoms with van der Waals surface area (Å²) in [6.45, 7) is -0.863. The third-order valence-corrected chi connectivity index (χ3v) is 5.27. The van der Waals surface area contributed by atoms with Crippen molar-refractivity contribution in [2.75, 3.05) is 26.2 Å². The largest absolute Gasteiger partial charge is 0.434 e. The van der Waals surface area contributed by atoms with Crippen molar-refractivity contribution in [1.82, 2.24) is 9.80 Å². The Morgan fingerprint density at radius 1 is 0.886 bits per heavy atom. The minimum atomic E-state index is -5.85. The normalized spacial score (nSPS) is 18.1. The summed E-state index contributed by atoms with van der Waals surface area (Å²) < 4.78 is 124. The average Bonchev–Trinajstić information content (AvgIpc) is 3.55. The number of piperazine rings is 1. The fraction of sp³-hybridized carbons (Fsp3) is 0.600. The lowest BCUT2D eigenvalue weighted by atomic mass is 10.1. The van der Waals surface area contributed by atoms with Gasteiger partial charge in [-0.15, -0.1) is 0 Å². The summed E-state index contributed by atoms with van der Waals surface area (Å²) >= 11 is 0. The summed E-state index contributed by atoms with van der Waals surface area (Å²) in [5, 5.41) is 0. The topological polar surface area (TPSA) is 59.1 Å². The Hall–Kier alpha value is -2.71. The molecule has 35 heavy (non-hydrogen) atoms. The van der Waals surface area contributed by atoms with Crippen molar-refractivity contribution in [2.24, 2.45) is 5.92 Å². The molecule has 1 saturated carbocycles. The van der Waals surface area contributed by atoms with Crippen LogP contribution in [-0.4, -0.2) is 66.5 Å². The van der Waals surface area contributed by atoms with Crippen LogP contribution < -0.4 is 4.74 Å². The van der Waals surface area contributed by atoms with Gasteiger partial charge in [-0.1, -0.05) is 0 Å². The van der Waals surface area contributed by atoms with E-state index in [2.05, 4.69) is 4.74 Å². The lowest BCUT2D eigenvalue weighted by molar-refractivity contribution is -0.308. The minimum Gasteiger partial charge on any atom is -0.426 e. The highest BCUT2D eigenvalue weighted by molar-refractivity contribution is 5.77. The molecule has 196 valence electrons. The zero-order valence-corrected chi connectivity index (χ0v) is 17.8. The van der Waals surface area contributed by atoms with E-state index in [9.17, 15) is 49.1 Å². The molecule has 2 aliphatic rings. The molecule has 0 bridgehead atoms. The highest BCUT2D eigenvalue weighted by Gasteiger charge is 2.60. The van der Waals surface area contributed by atoms with E-state index in [0.29, 0.717) is 23.8 Å². The molecule has 0 atom stereocenters. The number of halogens is 9. The van der Waals surface area contributed by atoms with Gasteiger partial charge in [-0.25, -0.2) is 4.79 Å². The molecule has 1 aromatic carbocycles. The quantitative estimate of drug-likeness (QED) is 0.317. The third-order valence-electron chi connectivity index (χ3n) is 5.27. The van der Waals surface area contributed by atoms with E-state index >= 15 is 0 Å². The molecule has 1 aliphatic heterocycles. The van der Waals surface area contributed by atoms with Crippen LogP contribution in [0.2, 0.25) is 0 Å². The van der Waals surface area contributed by atoms with Crippen molar-refractivity contribution in [3.05, 3.63) is 29.3 Å². The van der Waals surface area contributed by atoms with E-state index < -0.39 is 42.3 Å². The fourth-order valence-electron chi connectivity index (χ4n) is 3.33. The van der Waals surface area contributed by atoms with Crippen LogP contribution in [0.15, 0.2) is 18.2 Å². The van der Waals surface area contributed by atoms with Crippen LogP contribution in [0.4, 0.5) is 44.3 Å². The summed E-state index contributed by atoms with van der Waals surface area (Å²) in [4.78, 5) is 25.9. The summed E-state index contributed by atoms with van der Waals surface area (Å²) in [7, 11) is 0. The predicted octanol–water partition coefficient (Wildman–Crippen LogP) is 4.77. The SMILES string of the molecule is O=C(Oc1cc(CN2CCN(C(=O)OC(C(F)(F)F)C(F)(F)F)CC2)cc(C(F)(F)F)c1)C1CC1. The Labute approximate surface area is 192 Å². The Morgan fingerprint density at radius 3 is 1.94 bits per heavy atom. The van der Waals surface area contributed by atoms with Crippen LogP contribution in [0.5, 0.6) is 5.75 Å². The molecule has 0 N–H and O–H groups in total. The third kappa shape index (κ3) is 7.39. The molecule has 1 aromatic rings. The first-order chi connectivity index (χ1) is 16.0. The number of esters is 1. The van der Waals surface area contributed by atoms with Crippen molar-refractivity contribution in [2.45, 2.75) is 44.0 Å². The highest BCUT2D eigenvalue weighted by Crippen LogP contribution is 2.37. The van der Waals surface area contributed by atoms with Crippen LogP contribution >= 0.6 is 0 Å². The fourth-order valence-corrected chi connectivity index (χ4v) is 3.33. The summed E-state index contributed by atoms with van der Waals surface area (Å²) in [5.41, 5.74) is -0.940. The molecular weight excluding hydrogens is 503 g/mol. The van der Waals surface area contributed by atoms with E-state index in [0.717, 1.165) is 6.07 Å². The molecule has 3 rings (SSSR count). The summed E-state index contributed by atoms with van der Waals surface area (Å²) in [6, 6.07) is 2.77. The van der Waals surface area contributed by atoms with Gasteiger partial charge in [0.05, 0.1) is 11.5 Å². The van der Waals surface area contributed by atoms with Crippen molar-refractivity contribution < 1.29 is 58.6 Å². The number of amides is 1. The van der Waals surface area contributed by atoms with Gasteiger partial charge < -0.3 is 14.4 Å². The molecular formula is C20H19F9N2O4. The number of carbonyl (C=O) groups excluding carboxylic acids is 2. The number of benzene rings is 1. The molecule has 1 aliphatic carbocycles. The van der Waals surface area contributed by atoms with Gasteiger partial charge in [0.15, 0.2) is 0 Å². The van der Waals surface area contributed by atoms with E-state index in [1.54, 1.807) is 0 Å². The Morgan fingerprint density at radius 2 is 1.46 bits per heavy atom. The predicted molar refractivity (Wildman–Crippen MR) is 99.0 cm³/mol. The number of carbonyl (C=O) groups is 2. The maximum Gasteiger partial charge on any atom is 0.434 e. The van der Waals surface area contributed by atoms with Gasteiger partial charge in [0.1, 0.15) is 5.75 Å². The van der Waals surface area contributed by atoms with E-state index in [4.69, 9.17) is 4.74 Å². The number of nitrogens with zero attached hydrogens (tertiary/aromatic N) is 2.